The maximum absolute atomic E-state index is 13.2. The van der Waals surface area contributed by atoms with E-state index in [9.17, 15) is 14.7 Å². The van der Waals surface area contributed by atoms with Gasteiger partial charge in [0, 0.05) is 16.7 Å². The zero-order chi connectivity index (χ0) is 24.6. The number of aliphatic hydroxyl groups is 1. The molecule has 1 N–H and O–H groups in total. The molecule has 4 rings (SSSR count). The summed E-state index contributed by atoms with van der Waals surface area (Å²) in [4.78, 5) is 27.6. The van der Waals surface area contributed by atoms with Crippen molar-refractivity contribution in [3.05, 3.63) is 69.9 Å². The molecule has 0 spiro atoms. The third kappa shape index (κ3) is 3.84. The molecule has 0 saturated carbocycles. The first-order valence-corrected chi connectivity index (χ1v) is 10.5. The Kier molecular flexibility index (Phi) is 6.21. The van der Waals surface area contributed by atoms with Crippen LogP contribution in [0.4, 0.5) is 5.82 Å². The number of aliphatic hydroxyl groups excluding tert-OH is 1. The molecule has 176 valence electrons. The van der Waals surface area contributed by atoms with Crippen molar-refractivity contribution in [2.75, 3.05) is 26.2 Å². The van der Waals surface area contributed by atoms with Crippen molar-refractivity contribution in [3.8, 4) is 17.2 Å². The highest BCUT2D eigenvalue weighted by atomic mass is 35.5. The van der Waals surface area contributed by atoms with Gasteiger partial charge in [-0.1, -0.05) is 16.8 Å². The van der Waals surface area contributed by atoms with E-state index >= 15 is 0 Å². The van der Waals surface area contributed by atoms with Crippen LogP contribution in [-0.2, 0) is 9.59 Å². The van der Waals surface area contributed by atoms with E-state index in [2.05, 4.69) is 5.16 Å². The van der Waals surface area contributed by atoms with Crippen molar-refractivity contribution in [3.63, 3.8) is 0 Å². The lowest BCUT2D eigenvalue weighted by Crippen LogP contribution is -2.29. The molecule has 0 radical (unpaired) electrons. The van der Waals surface area contributed by atoms with E-state index in [1.807, 2.05) is 0 Å². The number of carbonyl (C=O) groups excluding carboxylic acids is 2. The van der Waals surface area contributed by atoms with Gasteiger partial charge in [0.1, 0.15) is 11.5 Å². The van der Waals surface area contributed by atoms with Crippen LogP contribution >= 0.6 is 11.6 Å². The number of ether oxygens (including phenoxy) is 3. The number of hydrogen-bond acceptors (Lipinski definition) is 8. The first-order valence-electron chi connectivity index (χ1n) is 10.1. The second-order valence-corrected chi connectivity index (χ2v) is 7.87. The van der Waals surface area contributed by atoms with E-state index in [0.717, 1.165) is 0 Å². The summed E-state index contributed by atoms with van der Waals surface area (Å²) in [5.41, 5.74) is 0.600. The molecule has 10 heteroatoms. The summed E-state index contributed by atoms with van der Waals surface area (Å²) in [6, 6.07) is 9.92. The Morgan fingerprint density at radius 3 is 2.15 bits per heavy atom. The molecule has 1 amide bonds. The van der Waals surface area contributed by atoms with Crippen LogP contribution in [-0.4, -0.2) is 43.3 Å². The minimum absolute atomic E-state index is 0.119. The van der Waals surface area contributed by atoms with Crippen LogP contribution in [0.2, 0.25) is 5.02 Å². The minimum Gasteiger partial charge on any atom is -0.507 e. The predicted octanol–water partition coefficient (Wildman–Crippen LogP) is 4.29. The SMILES string of the molecule is COc1cc([C@H]2C(=C(O)c3ccc(Cl)cc3)C(=O)C(=O)N2c2cc(C)on2)cc(OC)c1OC. The molecule has 3 aromatic rings. The molecule has 34 heavy (non-hydrogen) atoms. The standard InChI is InChI=1S/C24H21ClN2O7/c1-12-9-18(26-34-12)27-20(14-10-16(31-2)23(33-4)17(11-14)32-3)19(22(29)24(27)30)21(28)13-5-7-15(25)8-6-13/h5-11,20,28H,1-4H3/t20-/m0/s1. The molecular formula is C24H21ClN2O7. The number of amides is 1. The van der Waals surface area contributed by atoms with Crippen molar-refractivity contribution < 1.29 is 33.4 Å². The van der Waals surface area contributed by atoms with E-state index in [1.165, 1.54) is 32.3 Å². The number of methoxy groups -OCH3 is 3. The molecule has 9 nitrogen and oxygen atoms in total. The Hall–Kier alpha value is -3.98. The number of anilines is 1. The molecule has 1 aliphatic heterocycles. The molecule has 1 aromatic heterocycles. The number of rotatable bonds is 6. The average Bonchev–Trinajstić information content (AvgIpc) is 3.38. The lowest BCUT2D eigenvalue weighted by Gasteiger charge is -2.24. The topological polar surface area (TPSA) is 111 Å². The van der Waals surface area contributed by atoms with Gasteiger partial charge < -0.3 is 23.8 Å². The van der Waals surface area contributed by atoms with Gasteiger partial charge in [0.05, 0.1) is 32.9 Å². The second kappa shape index (κ2) is 9.11. The Balaban J connectivity index is 2.00. The van der Waals surface area contributed by atoms with Gasteiger partial charge in [0.2, 0.25) is 5.75 Å². The summed E-state index contributed by atoms with van der Waals surface area (Å²) in [7, 11) is 4.37. The lowest BCUT2D eigenvalue weighted by molar-refractivity contribution is -0.132. The summed E-state index contributed by atoms with van der Waals surface area (Å²) in [6.07, 6.45) is 0. The third-order valence-corrected chi connectivity index (χ3v) is 5.68. The van der Waals surface area contributed by atoms with Crippen molar-refractivity contribution in [1.29, 1.82) is 0 Å². The molecule has 1 saturated heterocycles. The Bertz CT molecular complexity index is 1270. The van der Waals surface area contributed by atoms with Gasteiger partial charge in [-0.3, -0.25) is 14.5 Å². The summed E-state index contributed by atoms with van der Waals surface area (Å²) in [5.74, 6) is -0.603. The highest BCUT2D eigenvalue weighted by Gasteiger charge is 2.48. The molecule has 0 unspecified atom stereocenters. The van der Waals surface area contributed by atoms with Crippen molar-refractivity contribution in [1.82, 2.24) is 5.16 Å². The van der Waals surface area contributed by atoms with Gasteiger partial charge in [-0.2, -0.15) is 0 Å². The zero-order valence-electron chi connectivity index (χ0n) is 18.8. The Morgan fingerprint density at radius 1 is 1.03 bits per heavy atom. The normalized spacial score (nSPS) is 17.2. The van der Waals surface area contributed by atoms with E-state index in [1.54, 1.807) is 43.3 Å². The first-order chi connectivity index (χ1) is 16.3. The van der Waals surface area contributed by atoms with Crippen LogP contribution in [0.25, 0.3) is 5.76 Å². The fraction of sp³-hybridized carbons (Fsp3) is 0.208. The van der Waals surface area contributed by atoms with Gasteiger partial charge in [0.25, 0.3) is 5.78 Å². The molecule has 1 fully saturated rings. The van der Waals surface area contributed by atoms with E-state index in [-0.39, 0.29) is 17.2 Å². The fourth-order valence-corrected chi connectivity index (χ4v) is 4.00. The van der Waals surface area contributed by atoms with Gasteiger partial charge in [-0.05, 0) is 48.9 Å². The first kappa shape index (κ1) is 23.2. The molecular weight excluding hydrogens is 464 g/mol. The smallest absolute Gasteiger partial charge is 0.301 e. The minimum atomic E-state index is -1.06. The summed E-state index contributed by atoms with van der Waals surface area (Å²) < 4.78 is 21.4. The predicted molar refractivity (Wildman–Crippen MR) is 124 cm³/mol. The Labute approximate surface area is 200 Å². The van der Waals surface area contributed by atoms with Gasteiger partial charge in [-0.15, -0.1) is 0 Å². The fourth-order valence-electron chi connectivity index (χ4n) is 3.87. The van der Waals surface area contributed by atoms with Gasteiger partial charge in [0.15, 0.2) is 17.3 Å². The van der Waals surface area contributed by atoms with Crippen LogP contribution in [0.1, 0.15) is 22.9 Å². The lowest BCUT2D eigenvalue weighted by atomic mass is 9.94. The third-order valence-electron chi connectivity index (χ3n) is 5.43. The monoisotopic (exact) mass is 484 g/mol. The highest BCUT2D eigenvalue weighted by Crippen LogP contribution is 2.47. The average molecular weight is 485 g/mol. The number of hydrogen-bond donors (Lipinski definition) is 1. The zero-order valence-corrected chi connectivity index (χ0v) is 19.5. The largest absolute Gasteiger partial charge is 0.507 e. The Morgan fingerprint density at radius 2 is 1.65 bits per heavy atom. The summed E-state index contributed by atoms with van der Waals surface area (Å²) in [5, 5.41) is 15.5. The molecule has 0 aliphatic carbocycles. The van der Waals surface area contributed by atoms with Crippen molar-refractivity contribution >= 4 is 34.9 Å². The molecule has 2 aromatic carbocycles. The van der Waals surface area contributed by atoms with Crippen LogP contribution in [0.15, 0.2) is 52.6 Å². The number of benzene rings is 2. The number of Topliss-reactive ketones (excluding diaryl/α,β-unsaturated/α-hetero) is 1. The van der Waals surface area contributed by atoms with E-state index in [0.29, 0.717) is 39.2 Å². The highest BCUT2D eigenvalue weighted by molar-refractivity contribution is 6.51. The van der Waals surface area contributed by atoms with Crippen LogP contribution in [0.3, 0.4) is 0 Å². The van der Waals surface area contributed by atoms with Gasteiger partial charge >= 0.3 is 5.91 Å². The molecule has 1 atom stereocenters. The summed E-state index contributed by atoms with van der Waals surface area (Å²) >= 11 is 5.97. The van der Waals surface area contributed by atoms with Crippen LogP contribution in [0.5, 0.6) is 17.2 Å². The van der Waals surface area contributed by atoms with Crippen LogP contribution < -0.4 is 19.1 Å². The van der Waals surface area contributed by atoms with Crippen LogP contribution in [0, 0.1) is 6.92 Å². The van der Waals surface area contributed by atoms with Crippen molar-refractivity contribution in [2.24, 2.45) is 0 Å². The number of aryl methyl sites for hydroxylation is 1. The summed E-state index contributed by atoms with van der Waals surface area (Å²) in [6.45, 7) is 1.66. The molecule has 0 bridgehead atoms. The number of ketones is 1. The molecule has 1 aliphatic rings. The van der Waals surface area contributed by atoms with Gasteiger partial charge in [-0.25, -0.2) is 0 Å². The maximum atomic E-state index is 13.2. The number of aromatic nitrogens is 1. The molecule has 2 heterocycles. The quantitative estimate of drug-likeness (QED) is 0.313. The maximum Gasteiger partial charge on any atom is 0.301 e. The van der Waals surface area contributed by atoms with E-state index < -0.39 is 17.7 Å². The van der Waals surface area contributed by atoms with Crippen molar-refractivity contribution in [2.45, 2.75) is 13.0 Å². The number of nitrogens with zero attached hydrogens (tertiary/aromatic N) is 2. The number of carbonyl (C=O) groups is 2. The van der Waals surface area contributed by atoms with E-state index in [4.69, 9.17) is 30.3 Å². The second-order valence-electron chi connectivity index (χ2n) is 7.43. The number of halogens is 1.